The molecule has 0 atom stereocenters. The van der Waals surface area contributed by atoms with Crippen LogP contribution >= 0.6 is 15.9 Å². The van der Waals surface area contributed by atoms with E-state index in [1.54, 1.807) is 6.07 Å². The molecule has 20 heavy (non-hydrogen) atoms. The van der Waals surface area contributed by atoms with Gasteiger partial charge in [0.2, 0.25) is 6.79 Å². The van der Waals surface area contributed by atoms with Crippen LogP contribution in [-0.4, -0.2) is 6.79 Å². The molecule has 0 radical (unpaired) electrons. The average molecular weight is 338 g/mol. The maximum Gasteiger partial charge on any atom is 0.231 e. The number of rotatable bonds is 3. The van der Waals surface area contributed by atoms with E-state index in [1.165, 1.54) is 6.07 Å². The molecule has 1 heterocycles. The van der Waals surface area contributed by atoms with Gasteiger partial charge in [0.25, 0.3) is 0 Å². The van der Waals surface area contributed by atoms with Crippen molar-refractivity contribution in [3.63, 3.8) is 0 Å². The summed E-state index contributed by atoms with van der Waals surface area (Å²) in [6.07, 6.45) is 0. The minimum absolute atomic E-state index is 0.233. The van der Waals surface area contributed by atoms with Crippen LogP contribution in [0.2, 0.25) is 0 Å². The molecule has 1 aliphatic rings. The molecule has 2 aromatic carbocycles. The lowest BCUT2D eigenvalue weighted by Crippen LogP contribution is -2.03. The van der Waals surface area contributed by atoms with Gasteiger partial charge in [-0.2, -0.15) is 0 Å². The molecule has 5 heteroatoms. The highest BCUT2D eigenvalue weighted by molar-refractivity contribution is 9.10. The SMILES string of the molecule is Cc1cccc(F)c1NCc1cc(Br)c2c(c1)OCO2. The van der Waals surface area contributed by atoms with Gasteiger partial charge in [0.1, 0.15) is 5.82 Å². The van der Waals surface area contributed by atoms with Gasteiger partial charge in [0.15, 0.2) is 11.5 Å². The third-order valence-electron chi connectivity index (χ3n) is 3.18. The molecule has 0 saturated carbocycles. The van der Waals surface area contributed by atoms with E-state index in [9.17, 15) is 4.39 Å². The normalized spacial score (nSPS) is 12.6. The second-order valence-electron chi connectivity index (χ2n) is 4.60. The molecule has 0 aromatic heterocycles. The maximum atomic E-state index is 13.7. The Morgan fingerprint density at radius 1 is 1.30 bits per heavy atom. The quantitative estimate of drug-likeness (QED) is 0.908. The molecule has 3 rings (SSSR count). The molecule has 0 aliphatic carbocycles. The van der Waals surface area contributed by atoms with Crippen molar-refractivity contribution < 1.29 is 13.9 Å². The van der Waals surface area contributed by atoms with E-state index in [4.69, 9.17) is 9.47 Å². The van der Waals surface area contributed by atoms with Gasteiger partial charge in [0, 0.05) is 6.54 Å². The summed E-state index contributed by atoms with van der Waals surface area (Å²) >= 11 is 3.45. The van der Waals surface area contributed by atoms with E-state index in [2.05, 4.69) is 21.2 Å². The van der Waals surface area contributed by atoms with E-state index in [0.717, 1.165) is 21.3 Å². The summed E-state index contributed by atoms with van der Waals surface area (Å²) < 4.78 is 25.3. The number of hydrogen-bond donors (Lipinski definition) is 1. The molecule has 104 valence electrons. The van der Waals surface area contributed by atoms with E-state index < -0.39 is 0 Å². The first-order valence-electron chi connectivity index (χ1n) is 6.22. The van der Waals surface area contributed by atoms with Crippen LogP contribution in [0.15, 0.2) is 34.8 Å². The Morgan fingerprint density at radius 2 is 2.15 bits per heavy atom. The Labute approximate surface area is 124 Å². The topological polar surface area (TPSA) is 30.5 Å². The smallest absolute Gasteiger partial charge is 0.231 e. The van der Waals surface area contributed by atoms with Crippen molar-refractivity contribution in [1.82, 2.24) is 0 Å². The molecule has 0 unspecified atom stereocenters. The molecule has 0 amide bonds. The van der Waals surface area contributed by atoms with Gasteiger partial charge >= 0.3 is 0 Å². The number of fused-ring (bicyclic) bond motifs is 1. The minimum atomic E-state index is -0.246. The van der Waals surface area contributed by atoms with Gasteiger partial charge in [-0.1, -0.05) is 12.1 Å². The van der Waals surface area contributed by atoms with Crippen LogP contribution in [0, 0.1) is 12.7 Å². The van der Waals surface area contributed by atoms with Crippen LogP contribution < -0.4 is 14.8 Å². The first-order valence-corrected chi connectivity index (χ1v) is 7.01. The standard InChI is InChI=1S/C15H13BrFNO2/c1-9-3-2-4-12(17)14(9)18-7-10-5-11(16)15-13(6-10)19-8-20-15/h2-6,18H,7-8H2,1H3. The minimum Gasteiger partial charge on any atom is -0.454 e. The summed E-state index contributed by atoms with van der Waals surface area (Å²) in [4.78, 5) is 0. The highest BCUT2D eigenvalue weighted by Crippen LogP contribution is 2.40. The van der Waals surface area contributed by atoms with Gasteiger partial charge in [-0.25, -0.2) is 4.39 Å². The number of benzene rings is 2. The highest BCUT2D eigenvalue weighted by Gasteiger charge is 2.18. The molecule has 2 aromatic rings. The van der Waals surface area contributed by atoms with Gasteiger partial charge in [0.05, 0.1) is 10.2 Å². The Balaban J connectivity index is 1.81. The molecule has 0 saturated heterocycles. The summed E-state index contributed by atoms with van der Waals surface area (Å²) in [6.45, 7) is 2.62. The number of anilines is 1. The van der Waals surface area contributed by atoms with E-state index in [0.29, 0.717) is 18.0 Å². The second-order valence-corrected chi connectivity index (χ2v) is 5.45. The van der Waals surface area contributed by atoms with Crippen molar-refractivity contribution in [2.24, 2.45) is 0 Å². The zero-order valence-corrected chi connectivity index (χ0v) is 12.5. The number of aryl methyl sites for hydroxylation is 1. The lowest BCUT2D eigenvalue weighted by Gasteiger charge is -2.11. The summed E-state index contributed by atoms with van der Waals surface area (Å²) in [5.74, 6) is 1.18. The summed E-state index contributed by atoms with van der Waals surface area (Å²) in [5, 5.41) is 3.12. The molecular formula is C15H13BrFNO2. The van der Waals surface area contributed by atoms with Crippen molar-refractivity contribution in [3.05, 3.63) is 51.7 Å². The highest BCUT2D eigenvalue weighted by atomic mass is 79.9. The van der Waals surface area contributed by atoms with Crippen LogP contribution in [0.5, 0.6) is 11.5 Å². The fourth-order valence-electron chi connectivity index (χ4n) is 2.17. The van der Waals surface area contributed by atoms with E-state index >= 15 is 0 Å². The predicted octanol–water partition coefficient (Wildman–Crippen LogP) is 4.24. The third-order valence-corrected chi connectivity index (χ3v) is 3.77. The second kappa shape index (κ2) is 5.32. The molecule has 0 spiro atoms. The molecule has 3 nitrogen and oxygen atoms in total. The zero-order valence-electron chi connectivity index (χ0n) is 10.9. The van der Waals surface area contributed by atoms with Gasteiger partial charge in [-0.3, -0.25) is 0 Å². The van der Waals surface area contributed by atoms with Crippen LogP contribution in [-0.2, 0) is 6.54 Å². The van der Waals surface area contributed by atoms with Crippen molar-refractivity contribution in [2.75, 3.05) is 12.1 Å². The summed E-state index contributed by atoms with van der Waals surface area (Å²) in [5.41, 5.74) is 2.40. The van der Waals surface area contributed by atoms with E-state index in [1.807, 2.05) is 25.1 Å². The Bertz CT molecular complexity index is 640. The number of hydrogen-bond acceptors (Lipinski definition) is 3. The van der Waals surface area contributed by atoms with Crippen LogP contribution in [0.3, 0.4) is 0 Å². The number of para-hydroxylation sites is 1. The van der Waals surface area contributed by atoms with Crippen molar-refractivity contribution in [3.8, 4) is 11.5 Å². The maximum absolute atomic E-state index is 13.7. The van der Waals surface area contributed by atoms with Crippen LogP contribution in [0.1, 0.15) is 11.1 Å². The molecule has 1 N–H and O–H groups in total. The number of nitrogens with one attached hydrogen (secondary N) is 1. The lowest BCUT2D eigenvalue weighted by molar-refractivity contribution is 0.173. The Hall–Kier alpha value is -1.75. The fourth-order valence-corrected chi connectivity index (χ4v) is 2.77. The lowest BCUT2D eigenvalue weighted by atomic mass is 10.1. The summed E-state index contributed by atoms with van der Waals surface area (Å²) in [7, 11) is 0. The molecule has 1 aliphatic heterocycles. The van der Waals surface area contributed by atoms with E-state index in [-0.39, 0.29) is 12.6 Å². The average Bonchev–Trinajstić information content (AvgIpc) is 2.87. The number of halogens is 2. The first kappa shape index (κ1) is 13.2. The molecule has 0 bridgehead atoms. The largest absolute Gasteiger partial charge is 0.454 e. The van der Waals surface area contributed by atoms with Crippen LogP contribution in [0.25, 0.3) is 0 Å². The van der Waals surface area contributed by atoms with Gasteiger partial charge in [-0.05, 0) is 52.2 Å². The molecular weight excluding hydrogens is 325 g/mol. The summed E-state index contributed by atoms with van der Waals surface area (Å²) in [6, 6.07) is 8.87. The predicted molar refractivity (Wildman–Crippen MR) is 78.7 cm³/mol. The van der Waals surface area contributed by atoms with Gasteiger partial charge in [-0.15, -0.1) is 0 Å². The van der Waals surface area contributed by atoms with Crippen molar-refractivity contribution in [2.45, 2.75) is 13.5 Å². The first-order chi connectivity index (χ1) is 9.65. The monoisotopic (exact) mass is 337 g/mol. The van der Waals surface area contributed by atoms with Crippen molar-refractivity contribution in [1.29, 1.82) is 0 Å². The molecule has 0 fully saturated rings. The van der Waals surface area contributed by atoms with Crippen molar-refractivity contribution >= 4 is 21.6 Å². The zero-order chi connectivity index (χ0) is 14.1. The Kier molecular flexibility index (Phi) is 3.53. The van der Waals surface area contributed by atoms with Gasteiger partial charge < -0.3 is 14.8 Å². The fraction of sp³-hybridized carbons (Fsp3) is 0.200. The number of ether oxygens (including phenoxy) is 2. The van der Waals surface area contributed by atoms with Crippen LogP contribution in [0.4, 0.5) is 10.1 Å². The Morgan fingerprint density at radius 3 is 2.95 bits per heavy atom. The third kappa shape index (κ3) is 2.45.